The minimum absolute atomic E-state index is 0.133. The van der Waals surface area contributed by atoms with Crippen molar-refractivity contribution in [3.8, 4) is 0 Å². The second-order valence-electron chi connectivity index (χ2n) is 6.50. The highest BCUT2D eigenvalue weighted by Crippen LogP contribution is 2.25. The van der Waals surface area contributed by atoms with Gasteiger partial charge in [-0.05, 0) is 25.0 Å². The van der Waals surface area contributed by atoms with Gasteiger partial charge in [0.15, 0.2) is 0 Å². The van der Waals surface area contributed by atoms with Crippen molar-refractivity contribution >= 4 is 11.7 Å². The predicted molar refractivity (Wildman–Crippen MR) is 90.8 cm³/mol. The Bertz CT molecular complexity index is 702. The maximum Gasteiger partial charge on any atom is 0.256 e. The zero-order valence-electron chi connectivity index (χ0n) is 14.1. The van der Waals surface area contributed by atoms with Crippen LogP contribution in [0, 0.1) is 0 Å². The fourth-order valence-corrected chi connectivity index (χ4v) is 3.24. The molecule has 24 heavy (non-hydrogen) atoms. The molecule has 128 valence electrons. The predicted octanol–water partition coefficient (Wildman–Crippen LogP) is 0.919. The first kappa shape index (κ1) is 16.4. The van der Waals surface area contributed by atoms with Crippen LogP contribution in [-0.2, 0) is 7.05 Å². The number of hydrogen-bond donors (Lipinski definition) is 1. The Kier molecular flexibility index (Phi) is 4.53. The lowest BCUT2D eigenvalue weighted by Crippen LogP contribution is -2.54. The van der Waals surface area contributed by atoms with Crippen molar-refractivity contribution in [2.45, 2.75) is 18.4 Å². The first-order chi connectivity index (χ1) is 11.5. The van der Waals surface area contributed by atoms with Gasteiger partial charge in [-0.2, -0.15) is 5.10 Å². The average Bonchev–Trinajstić information content (AvgIpc) is 3.01. The Balaban J connectivity index is 1.67. The van der Waals surface area contributed by atoms with Crippen LogP contribution in [0.1, 0.15) is 23.2 Å². The highest BCUT2D eigenvalue weighted by molar-refractivity contribution is 5.93. The van der Waals surface area contributed by atoms with Gasteiger partial charge in [0.05, 0.1) is 23.9 Å². The van der Waals surface area contributed by atoms with Gasteiger partial charge in [0, 0.05) is 39.6 Å². The van der Waals surface area contributed by atoms with Gasteiger partial charge in [0.2, 0.25) is 0 Å². The second kappa shape index (κ2) is 6.60. The van der Waals surface area contributed by atoms with Gasteiger partial charge < -0.3 is 14.9 Å². The molecule has 0 spiro atoms. The number of carbonyl (C=O) groups is 1. The number of piperidine rings is 1. The highest BCUT2D eigenvalue weighted by Gasteiger charge is 2.36. The number of aliphatic hydroxyl groups is 1. The van der Waals surface area contributed by atoms with E-state index in [2.05, 4.69) is 15.0 Å². The molecule has 0 aromatic carbocycles. The van der Waals surface area contributed by atoms with Crippen molar-refractivity contribution in [1.82, 2.24) is 19.7 Å². The minimum atomic E-state index is -0.942. The van der Waals surface area contributed by atoms with Gasteiger partial charge in [-0.3, -0.25) is 9.48 Å². The van der Waals surface area contributed by atoms with Gasteiger partial charge in [0.1, 0.15) is 5.82 Å². The quantitative estimate of drug-likeness (QED) is 0.903. The number of β-amino-alcohol motifs (C(OH)–C–C–N with tert-alkyl or cyclic N) is 1. The first-order valence-electron chi connectivity index (χ1n) is 8.09. The second-order valence-corrected chi connectivity index (χ2v) is 6.50. The number of hydrogen-bond acceptors (Lipinski definition) is 5. The smallest absolute Gasteiger partial charge is 0.256 e. The summed E-state index contributed by atoms with van der Waals surface area (Å²) in [5.74, 6) is 0.725. The van der Waals surface area contributed by atoms with Crippen molar-refractivity contribution < 1.29 is 9.90 Å². The lowest BCUT2D eigenvalue weighted by Gasteiger charge is -2.41. The van der Waals surface area contributed by atoms with E-state index in [4.69, 9.17) is 0 Å². The summed E-state index contributed by atoms with van der Waals surface area (Å²) in [6.07, 6.45) is 6.51. The van der Waals surface area contributed by atoms with E-state index in [9.17, 15) is 9.90 Å². The fraction of sp³-hybridized carbons (Fsp3) is 0.471. The zero-order chi connectivity index (χ0) is 17.2. The number of pyridine rings is 1. The van der Waals surface area contributed by atoms with Crippen LogP contribution in [0.5, 0.6) is 0 Å². The van der Waals surface area contributed by atoms with Crippen LogP contribution in [0.25, 0.3) is 0 Å². The number of carbonyl (C=O) groups excluding carboxylic acids is 1. The number of likely N-dealkylation sites (N-methyl/N-ethyl adjacent to an activating group) is 1. The molecule has 1 N–H and O–H groups in total. The Morgan fingerprint density at radius 2 is 2.29 bits per heavy atom. The van der Waals surface area contributed by atoms with E-state index in [1.54, 1.807) is 42.3 Å². The normalized spacial score (nSPS) is 20.9. The van der Waals surface area contributed by atoms with Crippen LogP contribution in [-0.4, -0.2) is 63.0 Å². The number of rotatable bonds is 4. The molecule has 0 bridgehead atoms. The summed E-state index contributed by atoms with van der Waals surface area (Å²) in [7, 11) is 3.49. The van der Waals surface area contributed by atoms with Gasteiger partial charge in [-0.15, -0.1) is 0 Å². The zero-order valence-corrected chi connectivity index (χ0v) is 14.1. The SMILES string of the molecule is CN(CC1(O)CCCN(c2ccccn2)C1)C(=O)c1cnn(C)c1. The summed E-state index contributed by atoms with van der Waals surface area (Å²) in [6, 6.07) is 5.75. The third kappa shape index (κ3) is 3.56. The third-order valence-electron chi connectivity index (χ3n) is 4.36. The van der Waals surface area contributed by atoms with Gasteiger partial charge >= 0.3 is 0 Å². The molecule has 2 aromatic rings. The van der Waals surface area contributed by atoms with Crippen LogP contribution >= 0.6 is 0 Å². The molecule has 3 heterocycles. The first-order valence-corrected chi connectivity index (χ1v) is 8.09. The Morgan fingerprint density at radius 3 is 2.96 bits per heavy atom. The van der Waals surface area contributed by atoms with Crippen molar-refractivity contribution in [2.75, 3.05) is 31.6 Å². The van der Waals surface area contributed by atoms with E-state index in [1.807, 2.05) is 18.2 Å². The Hall–Kier alpha value is -2.41. The van der Waals surface area contributed by atoms with Crippen molar-refractivity contribution in [2.24, 2.45) is 7.05 Å². The molecular formula is C17H23N5O2. The van der Waals surface area contributed by atoms with Gasteiger partial charge in [-0.1, -0.05) is 6.07 Å². The van der Waals surface area contributed by atoms with E-state index < -0.39 is 5.60 Å². The summed E-state index contributed by atoms with van der Waals surface area (Å²) >= 11 is 0. The molecule has 1 aliphatic heterocycles. The van der Waals surface area contributed by atoms with Crippen LogP contribution in [0.3, 0.4) is 0 Å². The summed E-state index contributed by atoms with van der Waals surface area (Å²) < 4.78 is 1.60. The topological polar surface area (TPSA) is 74.5 Å². The van der Waals surface area contributed by atoms with E-state index in [0.29, 0.717) is 18.5 Å². The molecule has 3 rings (SSSR count). The molecule has 0 radical (unpaired) electrons. The molecule has 1 atom stereocenters. The van der Waals surface area contributed by atoms with Crippen LogP contribution < -0.4 is 4.90 Å². The minimum Gasteiger partial charge on any atom is -0.386 e. The number of nitrogens with zero attached hydrogens (tertiary/aromatic N) is 5. The maximum atomic E-state index is 12.5. The average molecular weight is 329 g/mol. The largest absolute Gasteiger partial charge is 0.386 e. The molecule has 1 saturated heterocycles. The van der Waals surface area contributed by atoms with Crippen molar-refractivity contribution in [3.63, 3.8) is 0 Å². The fourth-order valence-electron chi connectivity index (χ4n) is 3.24. The molecular weight excluding hydrogens is 306 g/mol. The summed E-state index contributed by atoms with van der Waals surface area (Å²) in [6.45, 7) is 1.61. The molecule has 0 aliphatic carbocycles. The molecule has 1 amide bonds. The Morgan fingerprint density at radius 1 is 1.46 bits per heavy atom. The summed E-state index contributed by atoms with van der Waals surface area (Å²) in [5.41, 5.74) is -0.413. The molecule has 1 unspecified atom stereocenters. The molecule has 7 heteroatoms. The van der Waals surface area contributed by atoms with E-state index in [1.165, 1.54) is 0 Å². The maximum absolute atomic E-state index is 12.5. The van der Waals surface area contributed by atoms with Gasteiger partial charge in [0.25, 0.3) is 5.91 Å². The number of anilines is 1. The van der Waals surface area contributed by atoms with Crippen molar-refractivity contribution in [3.05, 3.63) is 42.4 Å². The molecule has 0 saturated carbocycles. The van der Waals surface area contributed by atoms with E-state index in [0.717, 1.165) is 18.8 Å². The monoisotopic (exact) mass is 329 g/mol. The highest BCUT2D eigenvalue weighted by atomic mass is 16.3. The van der Waals surface area contributed by atoms with Crippen LogP contribution in [0.4, 0.5) is 5.82 Å². The lowest BCUT2D eigenvalue weighted by molar-refractivity contribution is -0.000134. The molecule has 1 fully saturated rings. The van der Waals surface area contributed by atoms with Crippen LogP contribution in [0.2, 0.25) is 0 Å². The summed E-state index contributed by atoms with van der Waals surface area (Å²) in [4.78, 5) is 20.5. The molecule has 1 aliphatic rings. The number of aromatic nitrogens is 3. The van der Waals surface area contributed by atoms with E-state index in [-0.39, 0.29) is 12.5 Å². The van der Waals surface area contributed by atoms with E-state index >= 15 is 0 Å². The molecule has 2 aromatic heterocycles. The number of amides is 1. The Labute approximate surface area is 141 Å². The lowest BCUT2D eigenvalue weighted by atomic mass is 9.92. The number of aryl methyl sites for hydroxylation is 1. The third-order valence-corrected chi connectivity index (χ3v) is 4.36. The molecule has 7 nitrogen and oxygen atoms in total. The van der Waals surface area contributed by atoms with Crippen LogP contribution in [0.15, 0.2) is 36.8 Å². The summed E-state index contributed by atoms with van der Waals surface area (Å²) in [5, 5.41) is 15.0. The van der Waals surface area contributed by atoms with Crippen molar-refractivity contribution in [1.29, 1.82) is 0 Å². The standard InChI is InChI=1S/C17H23N5O2/c1-20(16(23)14-10-19-21(2)11-14)12-17(24)7-5-9-22(13-17)15-6-3-4-8-18-15/h3-4,6,8,10-11,24H,5,7,9,12-13H2,1-2H3. The van der Waals surface area contributed by atoms with Gasteiger partial charge in [-0.25, -0.2) is 4.98 Å².